The van der Waals surface area contributed by atoms with Crippen molar-refractivity contribution in [2.24, 2.45) is 5.92 Å². The summed E-state index contributed by atoms with van der Waals surface area (Å²) in [6.07, 6.45) is 4.53. The molecule has 3 fully saturated rings. The van der Waals surface area contributed by atoms with Crippen molar-refractivity contribution < 1.29 is 23.9 Å². The quantitative estimate of drug-likeness (QED) is 0.596. The van der Waals surface area contributed by atoms with Crippen LogP contribution in [-0.4, -0.2) is 85.0 Å². The number of rotatable bonds is 4. The molecule has 1 aliphatic carbocycles. The van der Waals surface area contributed by atoms with Gasteiger partial charge < -0.3 is 25.0 Å². The van der Waals surface area contributed by atoms with Crippen LogP contribution in [0.5, 0.6) is 0 Å². The number of hydrogen-bond donors (Lipinski definition) is 3. The largest absolute Gasteiger partial charge is 0.444 e. The van der Waals surface area contributed by atoms with E-state index >= 15 is 0 Å². The summed E-state index contributed by atoms with van der Waals surface area (Å²) < 4.78 is 10.7. The third-order valence-corrected chi connectivity index (χ3v) is 6.20. The number of piperidine rings is 1. The van der Waals surface area contributed by atoms with Gasteiger partial charge in [-0.05, 0) is 46.5 Å². The van der Waals surface area contributed by atoms with Gasteiger partial charge in [-0.1, -0.05) is 12.8 Å². The number of ether oxygens (including phenoxy) is 2. The van der Waals surface area contributed by atoms with Crippen LogP contribution in [0.2, 0.25) is 0 Å². The first-order valence-electron chi connectivity index (χ1n) is 11.9. The third kappa shape index (κ3) is 7.51. The fraction of sp³-hybridized carbons (Fsp3) is 0.864. The molecule has 2 atom stereocenters. The van der Waals surface area contributed by atoms with Gasteiger partial charge in [0.05, 0.1) is 19.1 Å². The number of carbonyl (C=O) groups is 3. The zero-order valence-electron chi connectivity index (χ0n) is 19.7. The molecule has 2 aliphatic heterocycles. The van der Waals surface area contributed by atoms with Gasteiger partial charge in [-0.2, -0.15) is 0 Å². The number of carbonyl (C=O) groups excluding carboxylic acids is 3. The lowest BCUT2D eigenvalue weighted by Gasteiger charge is -2.38. The number of nitrogens with zero attached hydrogens (tertiary/aromatic N) is 2. The summed E-state index contributed by atoms with van der Waals surface area (Å²) in [5.74, 6) is -0.118. The highest BCUT2D eigenvalue weighted by molar-refractivity contribution is 5.81. The van der Waals surface area contributed by atoms with Gasteiger partial charge in [-0.15, -0.1) is 0 Å². The van der Waals surface area contributed by atoms with E-state index in [1.807, 2.05) is 30.7 Å². The second-order valence-electron chi connectivity index (χ2n) is 9.93. The summed E-state index contributed by atoms with van der Waals surface area (Å²) in [5, 5.41) is 7.81. The number of hydrazine groups is 1. The van der Waals surface area contributed by atoms with Crippen LogP contribution in [0.4, 0.5) is 9.59 Å². The summed E-state index contributed by atoms with van der Waals surface area (Å²) in [4.78, 5) is 39.6. The smallest absolute Gasteiger partial charge is 0.407 e. The molecule has 0 bridgehead atoms. The first-order chi connectivity index (χ1) is 15.2. The van der Waals surface area contributed by atoms with E-state index in [1.54, 1.807) is 0 Å². The van der Waals surface area contributed by atoms with Crippen LogP contribution in [0.1, 0.15) is 59.3 Å². The number of urea groups is 1. The Morgan fingerprint density at radius 3 is 2.22 bits per heavy atom. The summed E-state index contributed by atoms with van der Waals surface area (Å²) in [6.45, 7) is 9.30. The molecule has 10 nitrogen and oxygen atoms in total. The minimum absolute atomic E-state index is 0.0436. The van der Waals surface area contributed by atoms with Crippen molar-refractivity contribution in [3.63, 3.8) is 0 Å². The van der Waals surface area contributed by atoms with Crippen molar-refractivity contribution in [1.29, 1.82) is 0 Å². The molecule has 0 aromatic carbocycles. The lowest BCUT2D eigenvalue weighted by Crippen LogP contribution is -2.56. The second kappa shape index (κ2) is 11.2. The van der Waals surface area contributed by atoms with E-state index in [9.17, 15) is 14.4 Å². The molecule has 2 saturated heterocycles. The van der Waals surface area contributed by atoms with Crippen LogP contribution >= 0.6 is 0 Å². The monoisotopic (exact) mass is 453 g/mol. The number of likely N-dealkylation sites (tertiary alicyclic amines) is 1. The second-order valence-corrected chi connectivity index (χ2v) is 9.93. The maximum absolute atomic E-state index is 13.2. The predicted molar refractivity (Wildman–Crippen MR) is 119 cm³/mol. The minimum atomic E-state index is -0.568. The lowest BCUT2D eigenvalue weighted by atomic mass is 9.83. The molecule has 3 rings (SSSR count). The lowest BCUT2D eigenvalue weighted by molar-refractivity contribution is -0.138. The van der Waals surface area contributed by atoms with Crippen LogP contribution in [0.25, 0.3) is 0 Å². The number of morpholine rings is 1. The Bertz CT molecular complexity index is 654. The SMILES string of the molecule is CC(C)(C)OC(=O)NC1CCCCC1C(=O)N1CCC(NC(=O)NN2CCOCC2)CC1. The maximum Gasteiger partial charge on any atom is 0.407 e. The molecule has 0 radical (unpaired) electrons. The van der Waals surface area contributed by atoms with Crippen LogP contribution in [0, 0.1) is 5.92 Å². The molecule has 0 aromatic heterocycles. The standard InChI is InChI=1S/C22H39N5O5/c1-22(2,3)32-21(30)24-18-7-5-4-6-17(18)19(28)26-10-8-16(9-11-26)23-20(29)25-27-12-14-31-15-13-27/h16-18H,4-15H2,1-3H3,(H,24,30)(H2,23,25,29). The molecule has 32 heavy (non-hydrogen) atoms. The molecule has 4 amide bonds. The zero-order valence-corrected chi connectivity index (χ0v) is 19.7. The van der Waals surface area contributed by atoms with Gasteiger partial charge in [0.25, 0.3) is 0 Å². The first kappa shape index (κ1) is 24.6. The predicted octanol–water partition coefficient (Wildman–Crippen LogP) is 1.61. The summed E-state index contributed by atoms with van der Waals surface area (Å²) in [5.41, 5.74) is 2.29. The van der Waals surface area contributed by atoms with Crippen molar-refractivity contribution in [2.75, 3.05) is 39.4 Å². The minimum Gasteiger partial charge on any atom is -0.444 e. The van der Waals surface area contributed by atoms with Crippen molar-refractivity contribution in [3.8, 4) is 0 Å². The van der Waals surface area contributed by atoms with Gasteiger partial charge in [0.1, 0.15) is 5.60 Å². The van der Waals surface area contributed by atoms with E-state index in [0.29, 0.717) is 39.4 Å². The Hall–Kier alpha value is -2.07. The van der Waals surface area contributed by atoms with Gasteiger partial charge >= 0.3 is 12.1 Å². The zero-order chi connectivity index (χ0) is 23.1. The van der Waals surface area contributed by atoms with Crippen LogP contribution in [-0.2, 0) is 14.3 Å². The van der Waals surface area contributed by atoms with Crippen LogP contribution < -0.4 is 16.1 Å². The van der Waals surface area contributed by atoms with Gasteiger partial charge in [-0.3, -0.25) is 10.2 Å². The van der Waals surface area contributed by atoms with E-state index in [-0.39, 0.29) is 29.9 Å². The Morgan fingerprint density at radius 2 is 1.56 bits per heavy atom. The number of nitrogens with one attached hydrogen (secondary N) is 3. The third-order valence-electron chi connectivity index (χ3n) is 6.20. The van der Waals surface area contributed by atoms with E-state index in [4.69, 9.17) is 9.47 Å². The molecular weight excluding hydrogens is 414 g/mol. The first-order valence-corrected chi connectivity index (χ1v) is 11.9. The van der Waals surface area contributed by atoms with Crippen molar-refractivity contribution in [2.45, 2.75) is 77.0 Å². The van der Waals surface area contributed by atoms with Gasteiger partial charge in [-0.25, -0.2) is 14.6 Å². The van der Waals surface area contributed by atoms with E-state index in [1.165, 1.54) is 0 Å². The molecular formula is C22H39N5O5. The summed E-state index contributed by atoms with van der Waals surface area (Å²) in [7, 11) is 0. The van der Waals surface area contributed by atoms with Crippen molar-refractivity contribution in [3.05, 3.63) is 0 Å². The maximum atomic E-state index is 13.2. The fourth-order valence-electron chi connectivity index (χ4n) is 4.57. The van der Waals surface area contributed by atoms with E-state index < -0.39 is 11.7 Å². The number of hydrogen-bond acceptors (Lipinski definition) is 6. The molecule has 2 unspecified atom stereocenters. The number of amides is 4. The molecule has 10 heteroatoms. The Kier molecular flexibility index (Phi) is 8.58. The number of alkyl carbamates (subject to hydrolysis) is 1. The highest BCUT2D eigenvalue weighted by Gasteiger charge is 2.36. The van der Waals surface area contributed by atoms with Gasteiger partial charge in [0, 0.05) is 38.3 Å². The highest BCUT2D eigenvalue weighted by Crippen LogP contribution is 2.28. The molecule has 0 aromatic rings. The Labute approximate surface area is 190 Å². The van der Waals surface area contributed by atoms with E-state index in [2.05, 4.69) is 16.1 Å². The summed E-state index contributed by atoms with van der Waals surface area (Å²) >= 11 is 0. The molecule has 0 spiro atoms. The average Bonchev–Trinajstić information content (AvgIpc) is 2.73. The molecule has 2 heterocycles. The normalized spacial score (nSPS) is 25.7. The fourth-order valence-corrected chi connectivity index (χ4v) is 4.57. The molecule has 3 N–H and O–H groups in total. The van der Waals surface area contributed by atoms with Gasteiger partial charge in [0.2, 0.25) is 5.91 Å². The Morgan fingerprint density at radius 1 is 0.906 bits per heavy atom. The molecule has 182 valence electrons. The van der Waals surface area contributed by atoms with Crippen molar-refractivity contribution >= 4 is 18.0 Å². The molecule has 1 saturated carbocycles. The van der Waals surface area contributed by atoms with Gasteiger partial charge in [0.15, 0.2) is 0 Å². The van der Waals surface area contributed by atoms with Crippen LogP contribution in [0.3, 0.4) is 0 Å². The van der Waals surface area contributed by atoms with E-state index in [0.717, 1.165) is 38.5 Å². The summed E-state index contributed by atoms with van der Waals surface area (Å²) in [6, 6.07) is -0.353. The topological polar surface area (TPSA) is 112 Å². The molecule has 3 aliphatic rings. The Balaban J connectivity index is 1.44. The van der Waals surface area contributed by atoms with Crippen LogP contribution in [0.15, 0.2) is 0 Å². The average molecular weight is 454 g/mol. The highest BCUT2D eigenvalue weighted by atomic mass is 16.6. The van der Waals surface area contributed by atoms with Crippen molar-refractivity contribution in [1.82, 2.24) is 26.0 Å².